The number of fused-ring (bicyclic) bond motifs is 1. The largest absolute Gasteiger partial charge is 0.319 e. The zero-order chi connectivity index (χ0) is 17.4. The molecule has 2 aromatic heterocycles. The summed E-state index contributed by atoms with van der Waals surface area (Å²) in [7, 11) is 0. The van der Waals surface area contributed by atoms with E-state index in [2.05, 4.69) is 15.4 Å². The number of rotatable bonds is 3. The van der Waals surface area contributed by atoms with E-state index in [0.29, 0.717) is 22.3 Å². The minimum atomic E-state index is -0.587. The van der Waals surface area contributed by atoms with Crippen molar-refractivity contribution in [1.82, 2.24) is 14.8 Å². The Labute approximate surface area is 143 Å². The fraction of sp³-hybridized carbons (Fsp3) is 0.235. The van der Waals surface area contributed by atoms with Crippen LogP contribution in [0.1, 0.15) is 35.9 Å². The molecule has 0 saturated carbocycles. The molecule has 0 bridgehead atoms. The average Bonchev–Trinajstić information content (AvgIpc) is 2.92. The van der Waals surface area contributed by atoms with Crippen LogP contribution in [-0.2, 0) is 0 Å². The fourth-order valence-electron chi connectivity index (χ4n) is 2.49. The predicted molar refractivity (Wildman–Crippen MR) is 92.0 cm³/mol. The molecule has 0 aliphatic carbocycles. The van der Waals surface area contributed by atoms with Crippen molar-refractivity contribution in [3.8, 4) is 0 Å². The van der Waals surface area contributed by atoms with Crippen LogP contribution >= 0.6 is 11.6 Å². The summed E-state index contributed by atoms with van der Waals surface area (Å²) in [5.74, 6) is -1.01. The fourth-order valence-corrected chi connectivity index (χ4v) is 2.65. The van der Waals surface area contributed by atoms with Gasteiger partial charge in [-0.05, 0) is 45.0 Å². The van der Waals surface area contributed by atoms with Crippen LogP contribution in [0.4, 0.5) is 10.1 Å². The summed E-state index contributed by atoms with van der Waals surface area (Å²) in [6.45, 7) is 5.77. The zero-order valence-corrected chi connectivity index (χ0v) is 14.2. The van der Waals surface area contributed by atoms with Gasteiger partial charge in [0.2, 0.25) is 0 Å². The smallest absolute Gasteiger partial charge is 0.256 e. The summed E-state index contributed by atoms with van der Waals surface area (Å²) in [4.78, 5) is 17.1. The van der Waals surface area contributed by atoms with Gasteiger partial charge in [-0.1, -0.05) is 11.6 Å². The standard InChI is InChI=1S/C17H16ClFN4O/c1-9(2)23-16-13(8-20-23)12(6-10(3)21-16)17(24)22-15-5-4-11(18)7-14(15)19/h4-9H,1-3H3,(H,22,24). The van der Waals surface area contributed by atoms with Crippen molar-refractivity contribution in [2.24, 2.45) is 0 Å². The maximum atomic E-state index is 13.9. The van der Waals surface area contributed by atoms with E-state index in [1.807, 2.05) is 13.8 Å². The number of hydrogen-bond donors (Lipinski definition) is 1. The monoisotopic (exact) mass is 346 g/mol. The highest BCUT2D eigenvalue weighted by atomic mass is 35.5. The predicted octanol–water partition coefficient (Wildman–Crippen LogP) is 4.37. The summed E-state index contributed by atoms with van der Waals surface area (Å²) >= 11 is 5.73. The lowest BCUT2D eigenvalue weighted by molar-refractivity contribution is 0.102. The molecule has 0 aliphatic heterocycles. The molecule has 0 fully saturated rings. The molecule has 1 amide bonds. The summed E-state index contributed by atoms with van der Waals surface area (Å²) < 4.78 is 15.7. The van der Waals surface area contributed by atoms with E-state index in [-0.39, 0.29) is 16.8 Å². The first-order chi connectivity index (χ1) is 11.4. The molecule has 3 aromatic rings. The van der Waals surface area contributed by atoms with Gasteiger partial charge in [-0.3, -0.25) is 4.79 Å². The van der Waals surface area contributed by atoms with E-state index in [1.165, 1.54) is 12.1 Å². The Hall–Kier alpha value is -2.47. The SMILES string of the molecule is Cc1cc(C(=O)Nc2ccc(Cl)cc2F)c2cnn(C(C)C)c2n1. The van der Waals surface area contributed by atoms with Gasteiger partial charge >= 0.3 is 0 Å². The molecule has 1 N–H and O–H groups in total. The molecule has 7 heteroatoms. The van der Waals surface area contributed by atoms with Crippen LogP contribution in [0.15, 0.2) is 30.5 Å². The number of carbonyl (C=O) groups excluding carboxylic acids is 1. The van der Waals surface area contributed by atoms with Gasteiger partial charge in [0.15, 0.2) is 5.65 Å². The van der Waals surface area contributed by atoms with Gasteiger partial charge in [0, 0.05) is 16.8 Å². The molecule has 0 spiro atoms. The topological polar surface area (TPSA) is 59.8 Å². The number of benzene rings is 1. The average molecular weight is 347 g/mol. The summed E-state index contributed by atoms with van der Waals surface area (Å²) in [6.07, 6.45) is 1.61. The normalized spacial score (nSPS) is 11.2. The first kappa shape index (κ1) is 16.4. The van der Waals surface area contributed by atoms with Gasteiger partial charge < -0.3 is 5.32 Å². The van der Waals surface area contributed by atoms with E-state index in [4.69, 9.17) is 11.6 Å². The highest BCUT2D eigenvalue weighted by Crippen LogP contribution is 2.24. The molecule has 2 heterocycles. The highest BCUT2D eigenvalue weighted by molar-refractivity contribution is 6.30. The molecule has 5 nitrogen and oxygen atoms in total. The first-order valence-electron chi connectivity index (χ1n) is 7.48. The van der Waals surface area contributed by atoms with Gasteiger partial charge in [-0.15, -0.1) is 0 Å². The zero-order valence-electron chi connectivity index (χ0n) is 13.5. The number of amides is 1. The molecule has 1 aromatic carbocycles. The van der Waals surface area contributed by atoms with Crippen molar-refractivity contribution in [2.45, 2.75) is 26.8 Å². The van der Waals surface area contributed by atoms with Crippen LogP contribution in [0.5, 0.6) is 0 Å². The van der Waals surface area contributed by atoms with Gasteiger partial charge in [0.25, 0.3) is 5.91 Å². The van der Waals surface area contributed by atoms with Crippen LogP contribution in [-0.4, -0.2) is 20.7 Å². The molecule has 24 heavy (non-hydrogen) atoms. The Morgan fingerprint density at radius 3 is 2.75 bits per heavy atom. The van der Waals surface area contributed by atoms with Crippen molar-refractivity contribution in [3.05, 3.63) is 52.6 Å². The Balaban J connectivity index is 2.03. The summed E-state index contributed by atoms with van der Waals surface area (Å²) in [6, 6.07) is 5.88. The molecular formula is C17H16ClFN4O. The number of pyridine rings is 1. The van der Waals surface area contributed by atoms with Crippen molar-refractivity contribution < 1.29 is 9.18 Å². The molecular weight excluding hydrogens is 331 g/mol. The number of halogens is 2. The van der Waals surface area contributed by atoms with Crippen LogP contribution in [0.25, 0.3) is 11.0 Å². The molecule has 3 rings (SSSR count). The van der Waals surface area contributed by atoms with Gasteiger partial charge in [-0.25, -0.2) is 14.1 Å². The van der Waals surface area contributed by atoms with Crippen LogP contribution in [0, 0.1) is 12.7 Å². The van der Waals surface area contributed by atoms with E-state index < -0.39 is 11.7 Å². The van der Waals surface area contributed by atoms with Gasteiger partial charge in [0.05, 0.1) is 22.8 Å². The molecule has 0 aliphatic rings. The number of anilines is 1. The second-order valence-corrected chi connectivity index (χ2v) is 6.25. The Kier molecular flexibility index (Phi) is 4.24. The third kappa shape index (κ3) is 2.97. The van der Waals surface area contributed by atoms with Crippen LogP contribution in [0.3, 0.4) is 0 Å². The third-order valence-electron chi connectivity index (χ3n) is 3.61. The molecule has 0 unspecified atom stereocenters. The number of hydrogen-bond acceptors (Lipinski definition) is 3. The number of carbonyl (C=O) groups is 1. The Bertz CT molecular complexity index is 936. The minimum absolute atomic E-state index is 0.0725. The van der Waals surface area contributed by atoms with Crippen molar-refractivity contribution >= 4 is 34.2 Å². The lowest BCUT2D eigenvalue weighted by atomic mass is 10.1. The van der Waals surface area contributed by atoms with Crippen LogP contribution < -0.4 is 5.32 Å². The first-order valence-corrected chi connectivity index (χ1v) is 7.86. The van der Waals surface area contributed by atoms with Crippen LogP contribution in [0.2, 0.25) is 5.02 Å². The number of nitrogens with zero attached hydrogens (tertiary/aromatic N) is 3. The second kappa shape index (κ2) is 6.20. The third-order valence-corrected chi connectivity index (χ3v) is 3.84. The molecule has 0 saturated heterocycles. The number of aryl methyl sites for hydroxylation is 1. The lowest BCUT2D eigenvalue weighted by Crippen LogP contribution is -2.14. The Morgan fingerprint density at radius 1 is 1.33 bits per heavy atom. The van der Waals surface area contributed by atoms with E-state index in [1.54, 1.807) is 23.9 Å². The van der Waals surface area contributed by atoms with Crippen molar-refractivity contribution in [2.75, 3.05) is 5.32 Å². The maximum Gasteiger partial charge on any atom is 0.256 e. The van der Waals surface area contributed by atoms with E-state index in [0.717, 1.165) is 6.07 Å². The number of nitrogens with one attached hydrogen (secondary N) is 1. The highest BCUT2D eigenvalue weighted by Gasteiger charge is 2.18. The summed E-state index contributed by atoms with van der Waals surface area (Å²) in [5.41, 5.74) is 1.79. The number of aromatic nitrogens is 3. The van der Waals surface area contributed by atoms with Crippen molar-refractivity contribution in [3.63, 3.8) is 0 Å². The Morgan fingerprint density at radius 2 is 2.08 bits per heavy atom. The van der Waals surface area contributed by atoms with E-state index >= 15 is 0 Å². The van der Waals surface area contributed by atoms with E-state index in [9.17, 15) is 9.18 Å². The minimum Gasteiger partial charge on any atom is -0.319 e. The molecule has 124 valence electrons. The second-order valence-electron chi connectivity index (χ2n) is 5.81. The lowest BCUT2D eigenvalue weighted by Gasteiger charge is -2.10. The van der Waals surface area contributed by atoms with Gasteiger partial charge in [0.1, 0.15) is 5.82 Å². The van der Waals surface area contributed by atoms with Crippen molar-refractivity contribution in [1.29, 1.82) is 0 Å². The molecule has 0 atom stereocenters. The van der Waals surface area contributed by atoms with Gasteiger partial charge in [-0.2, -0.15) is 5.10 Å². The summed E-state index contributed by atoms with van der Waals surface area (Å²) in [5, 5.41) is 7.77. The maximum absolute atomic E-state index is 13.9. The molecule has 0 radical (unpaired) electrons. The quantitative estimate of drug-likeness (QED) is 0.766.